The van der Waals surface area contributed by atoms with Crippen LogP contribution in [0.1, 0.15) is 21.5 Å². The van der Waals surface area contributed by atoms with Gasteiger partial charge in [-0.15, -0.1) is 0 Å². The summed E-state index contributed by atoms with van der Waals surface area (Å²) in [4.78, 5) is 16.2. The highest BCUT2D eigenvalue weighted by molar-refractivity contribution is 5.96. The molecule has 0 amide bonds. The Morgan fingerprint density at radius 1 is 0.897 bits per heavy atom. The average Bonchev–Trinajstić information content (AvgIpc) is 3.28. The predicted molar refractivity (Wildman–Crippen MR) is 113 cm³/mol. The maximum atomic E-state index is 13.0. The minimum absolute atomic E-state index is 0.361. The maximum Gasteiger partial charge on any atom is 0.347 e. The third-order valence-corrected chi connectivity index (χ3v) is 4.60. The summed E-state index contributed by atoms with van der Waals surface area (Å²) < 4.78 is 11.7. The number of benzene rings is 3. The number of H-pyrrole nitrogens is 1. The minimum atomic E-state index is -0.435. The summed E-state index contributed by atoms with van der Waals surface area (Å²) in [7, 11) is 0. The first kappa shape index (κ1) is 18.6. The molecular formula is C25H21NO3. The Labute approximate surface area is 169 Å². The molecular weight excluding hydrogens is 362 g/mol. The minimum Gasteiger partial charge on any atom is -0.488 e. The zero-order valence-corrected chi connectivity index (χ0v) is 16.1. The molecule has 0 saturated carbocycles. The van der Waals surface area contributed by atoms with Crippen molar-refractivity contribution in [2.45, 2.75) is 13.5 Å². The van der Waals surface area contributed by atoms with Crippen molar-refractivity contribution in [3.05, 3.63) is 108 Å². The standard InChI is InChI=1S/C25H21NO3/c1-18-15-20(22-13-8-14-26-22)16-23(28-17-19-9-4-2-5-10-19)24(18)25(27)29-21-11-6-3-7-12-21/h2-16,26H,17H2,1H3. The molecule has 0 atom stereocenters. The highest BCUT2D eigenvalue weighted by Crippen LogP contribution is 2.31. The van der Waals surface area contributed by atoms with Crippen LogP contribution < -0.4 is 9.47 Å². The van der Waals surface area contributed by atoms with Crippen LogP contribution in [0.4, 0.5) is 0 Å². The Balaban J connectivity index is 1.69. The SMILES string of the molecule is Cc1cc(-c2ccc[nH]2)cc(OCc2ccccc2)c1C(=O)Oc1ccccc1. The number of aryl methyl sites for hydroxylation is 1. The van der Waals surface area contributed by atoms with Gasteiger partial charge in [0.1, 0.15) is 23.7 Å². The number of ether oxygens (including phenoxy) is 2. The topological polar surface area (TPSA) is 51.3 Å². The first-order chi connectivity index (χ1) is 14.2. The number of aromatic nitrogens is 1. The van der Waals surface area contributed by atoms with E-state index < -0.39 is 5.97 Å². The number of rotatable bonds is 6. The summed E-state index contributed by atoms with van der Waals surface area (Å²) in [5.41, 5.74) is 4.16. The van der Waals surface area contributed by atoms with Crippen molar-refractivity contribution in [1.82, 2.24) is 4.98 Å². The summed E-state index contributed by atoms with van der Waals surface area (Å²) in [5.74, 6) is 0.563. The lowest BCUT2D eigenvalue weighted by Gasteiger charge is -2.15. The van der Waals surface area contributed by atoms with E-state index in [1.54, 1.807) is 12.1 Å². The van der Waals surface area contributed by atoms with E-state index >= 15 is 0 Å². The molecule has 0 saturated heterocycles. The third kappa shape index (κ3) is 4.38. The van der Waals surface area contributed by atoms with Crippen LogP contribution in [0.3, 0.4) is 0 Å². The van der Waals surface area contributed by atoms with Crippen LogP contribution in [0.15, 0.2) is 91.1 Å². The van der Waals surface area contributed by atoms with Crippen molar-refractivity contribution < 1.29 is 14.3 Å². The molecule has 29 heavy (non-hydrogen) atoms. The van der Waals surface area contributed by atoms with E-state index in [1.165, 1.54) is 0 Å². The van der Waals surface area contributed by atoms with Crippen LogP contribution >= 0.6 is 0 Å². The van der Waals surface area contributed by atoms with Gasteiger partial charge >= 0.3 is 5.97 Å². The number of hydrogen-bond acceptors (Lipinski definition) is 3. The molecule has 4 heteroatoms. The number of nitrogens with one attached hydrogen (secondary N) is 1. The lowest BCUT2D eigenvalue weighted by Crippen LogP contribution is -2.13. The van der Waals surface area contributed by atoms with Gasteiger partial charge in [0, 0.05) is 17.5 Å². The molecule has 0 aliphatic carbocycles. The van der Waals surface area contributed by atoms with Crippen LogP contribution in [0.2, 0.25) is 0 Å². The van der Waals surface area contributed by atoms with E-state index in [0.29, 0.717) is 23.7 Å². The first-order valence-electron chi connectivity index (χ1n) is 9.43. The number of carbonyl (C=O) groups excluding carboxylic acids is 1. The molecule has 4 nitrogen and oxygen atoms in total. The molecule has 1 heterocycles. The molecule has 144 valence electrons. The van der Waals surface area contributed by atoms with Gasteiger partial charge in [-0.25, -0.2) is 4.79 Å². The molecule has 0 spiro atoms. The smallest absolute Gasteiger partial charge is 0.347 e. The molecule has 0 fully saturated rings. The number of aromatic amines is 1. The van der Waals surface area contributed by atoms with Gasteiger partial charge in [-0.2, -0.15) is 0 Å². The van der Waals surface area contributed by atoms with Crippen LogP contribution in [0, 0.1) is 6.92 Å². The molecule has 3 aromatic carbocycles. The number of carbonyl (C=O) groups is 1. The molecule has 0 aliphatic rings. The van der Waals surface area contributed by atoms with Crippen LogP contribution in [-0.2, 0) is 6.61 Å². The fourth-order valence-electron chi connectivity index (χ4n) is 3.18. The Bertz CT molecular complexity index is 1090. The van der Waals surface area contributed by atoms with E-state index in [2.05, 4.69) is 4.98 Å². The normalized spacial score (nSPS) is 10.5. The summed E-state index contributed by atoms with van der Waals surface area (Å²) in [5, 5.41) is 0. The molecule has 0 unspecified atom stereocenters. The number of esters is 1. The highest BCUT2D eigenvalue weighted by Gasteiger charge is 2.20. The molecule has 1 N–H and O–H groups in total. The number of hydrogen-bond donors (Lipinski definition) is 1. The van der Waals surface area contributed by atoms with Crippen molar-refractivity contribution in [3.8, 4) is 22.8 Å². The van der Waals surface area contributed by atoms with Crippen molar-refractivity contribution in [3.63, 3.8) is 0 Å². The predicted octanol–water partition coefficient (Wildman–Crippen LogP) is 5.79. The third-order valence-electron chi connectivity index (χ3n) is 4.60. The van der Waals surface area contributed by atoms with Crippen molar-refractivity contribution in [2.75, 3.05) is 0 Å². The first-order valence-corrected chi connectivity index (χ1v) is 9.43. The molecule has 0 aliphatic heterocycles. The number of para-hydroxylation sites is 1. The average molecular weight is 383 g/mol. The molecule has 0 radical (unpaired) electrons. The summed E-state index contributed by atoms with van der Waals surface area (Å²) in [6.45, 7) is 2.25. The van der Waals surface area contributed by atoms with Crippen molar-refractivity contribution in [1.29, 1.82) is 0 Å². The van der Waals surface area contributed by atoms with Gasteiger partial charge in [0.2, 0.25) is 0 Å². The van der Waals surface area contributed by atoms with Gasteiger partial charge < -0.3 is 14.5 Å². The molecule has 4 aromatic rings. The van der Waals surface area contributed by atoms with Crippen molar-refractivity contribution in [2.24, 2.45) is 0 Å². The quantitative estimate of drug-likeness (QED) is 0.339. The Kier molecular flexibility index (Phi) is 5.43. The second-order valence-corrected chi connectivity index (χ2v) is 6.73. The fraction of sp³-hybridized carbons (Fsp3) is 0.0800. The Morgan fingerprint density at radius 3 is 2.31 bits per heavy atom. The second kappa shape index (κ2) is 8.48. The van der Waals surface area contributed by atoms with Gasteiger partial charge in [0.25, 0.3) is 0 Å². The van der Waals surface area contributed by atoms with Crippen LogP contribution in [0.5, 0.6) is 11.5 Å². The molecule has 1 aromatic heterocycles. The van der Waals surface area contributed by atoms with E-state index in [1.807, 2.05) is 85.9 Å². The van der Waals surface area contributed by atoms with Crippen LogP contribution in [0.25, 0.3) is 11.3 Å². The van der Waals surface area contributed by atoms with Gasteiger partial charge in [0.05, 0.1) is 0 Å². The molecule has 4 rings (SSSR count). The van der Waals surface area contributed by atoms with Gasteiger partial charge in [-0.1, -0.05) is 48.5 Å². The van der Waals surface area contributed by atoms with Crippen molar-refractivity contribution >= 4 is 5.97 Å². The highest BCUT2D eigenvalue weighted by atomic mass is 16.5. The lowest BCUT2D eigenvalue weighted by molar-refractivity contribution is 0.0729. The second-order valence-electron chi connectivity index (χ2n) is 6.73. The molecule has 0 bridgehead atoms. The zero-order valence-electron chi connectivity index (χ0n) is 16.1. The van der Waals surface area contributed by atoms with E-state index in [0.717, 1.165) is 22.4 Å². The largest absolute Gasteiger partial charge is 0.488 e. The van der Waals surface area contributed by atoms with E-state index in [9.17, 15) is 4.79 Å². The van der Waals surface area contributed by atoms with Gasteiger partial charge in [0.15, 0.2) is 0 Å². The Hall–Kier alpha value is -3.79. The van der Waals surface area contributed by atoms with E-state index in [4.69, 9.17) is 9.47 Å². The Morgan fingerprint density at radius 2 is 1.62 bits per heavy atom. The fourth-order valence-corrected chi connectivity index (χ4v) is 3.18. The maximum absolute atomic E-state index is 13.0. The summed E-state index contributed by atoms with van der Waals surface area (Å²) in [6.07, 6.45) is 1.87. The lowest BCUT2D eigenvalue weighted by atomic mass is 10.0. The monoisotopic (exact) mass is 383 g/mol. The van der Waals surface area contributed by atoms with Gasteiger partial charge in [-0.05, 0) is 54.4 Å². The zero-order chi connectivity index (χ0) is 20.1. The van der Waals surface area contributed by atoms with E-state index in [-0.39, 0.29) is 0 Å². The van der Waals surface area contributed by atoms with Crippen LogP contribution in [-0.4, -0.2) is 11.0 Å². The van der Waals surface area contributed by atoms with Gasteiger partial charge in [-0.3, -0.25) is 0 Å². The summed E-state index contributed by atoms with van der Waals surface area (Å²) >= 11 is 0. The summed E-state index contributed by atoms with van der Waals surface area (Å²) in [6, 6.07) is 26.7.